The van der Waals surface area contributed by atoms with Crippen LogP contribution in [0.15, 0.2) is 0 Å². The van der Waals surface area contributed by atoms with Gasteiger partial charge in [0.2, 0.25) is 0 Å². The van der Waals surface area contributed by atoms with Crippen molar-refractivity contribution in [1.29, 1.82) is 0 Å². The molecule has 0 aliphatic carbocycles. The van der Waals surface area contributed by atoms with Crippen LogP contribution in [0.3, 0.4) is 0 Å². The Kier molecular flexibility index (Phi) is 7.96. The fourth-order valence-electron chi connectivity index (χ4n) is 1.08. The maximum Gasteiger partial charge on any atom is 0.0569 e. The molecule has 2 heteroatoms. The summed E-state index contributed by atoms with van der Waals surface area (Å²) < 4.78 is 0. The predicted octanol–water partition coefficient (Wildman–Crippen LogP) is 1.72. The molecule has 0 fully saturated rings. The number of hydrogen-bond donors (Lipinski definition) is 2. The average molecular weight is 158 g/mol. The summed E-state index contributed by atoms with van der Waals surface area (Å²) in [5.74, 6) is 0. The summed E-state index contributed by atoms with van der Waals surface area (Å²) in [5.41, 5.74) is 0. The molecule has 0 aromatic carbocycles. The quantitative estimate of drug-likeness (QED) is 0.551. The second-order valence-corrected chi connectivity index (χ2v) is 2.94. The Morgan fingerprint density at radius 1 is 1.18 bits per heavy atom. The third-order valence-electron chi connectivity index (χ3n) is 1.84. The lowest BCUT2D eigenvalue weighted by molar-refractivity contribution is 0.417. The van der Waals surface area contributed by atoms with Crippen LogP contribution in [0, 0.1) is 0 Å². The van der Waals surface area contributed by atoms with Crippen LogP contribution in [0.25, 0.3) is 0 Å². The minimum atomic E-state index is 0.523. The zero-order valence-electron chi connectivity index (χ0n) is 8.11. The second-order valence-electron chi connectivity index (χ2n) is 2.94. The van der Waals surface area contributed by atoms with Crippen molar-refractivity contribution in [2.24, 2.45) is 0 Å². The molecule has 0 radical (unpaired) electrons. The first kappa shape index (κ1) is 10.9. The third-order valence-corrected chi connectivity index (χ3v) is 1.84. The average Bonchev–Trinajstić information content (AvgIpc) is 2.05. The summed E-state index contributed by atoms with van der Waals surface area (Å²) >= 11 is 0. The van der Waals surface area contributed by atoms with E-state index in [1.54, 1.807) is 0 Å². The van der Waals surface area contributed by atoms with E-state index in [1.807, 2.05) is 7.05 Å². The van der Waals surface area contributed by atoms with Crippen LogP contribution in [-0.4, -0.2) is 19.8 Å². The van der Waals surface area contributed by atoms with Gasteiger partial charge in [-0.25, -0.2) is 0 Å². The zero-order valence-corrected chi connectivity index (χ0v) is 8.11. The SMILES string of the molecule is CCCCC(NC)NCCC. The van der Waals surface area contributed by atoms with E-state index in [0.717, 1.165) is 6.54 Å². The highest BCUT2D eigenvalue weighted by molar-refractivity contribution is 4.60. The molecule has 1 atom stereocenters. The van der Waals surface area contributed by atoms with Crippen LogP contribution in [0.5, 0.6) is 0 Å². The molecule has 0 saturated carbocycles. The fourth-order valence-corrected chi connectivity index (χ4v) is 1.08. The zero-order chi connectivity index (χ0) is 8.53. The highest BCUT2D eigenvalue weighted by atomic mass is 15.1. The van der Waals surface area contributed by atoms with Crippen LogP contribution >= 0.6 is 0 Å². The van der Waals surface area contributed by atoms with Crippen LogP contribution < -0.4 is 10.6 Å². The van der Waals surface area contributed by atoms with Gasteiger partial charge in [-0.05, 0) is 26.4 Å². The first-order chi connectivity index (χ1) is 5.35. The Bertz CT molecular complexity index is 66.0. The van der Waals surface area contributed by atoms with Gasteiger partial charge < -0.3 is 10.6 Å². The lowest BCUT2D eigenvalue weighted by Crippen LogP contribution is -2.40. The standard InChI is InChI=1S/C9H22N2/c1-4-6-7-9(10-3)11-8-5-2/h9-11H,4-8H2,1-3H3. The summed E-state index contributed by atoms with van der Waals surface area (Å²) in [6, 6.07) is 0. The maximum atomic E-state index is 3.44. The van der Waals surface area contributed by atoms with Gasteiger partial charge in [0, 0.05) is 0 Å². The van der Waals surface area contributed by atoms with E-state index in [9.17, 15) is 0 Å². The third kappa shape index (κ3) is 6.32. The van der Waals surface area contributed by atoms with Crippen molar-refractivity contribution in [3.05, 3.63) is 0 Å². The normalized spacial score (nSPS) is 13.4. The van der Waals surface area contributed by atoms with Crippen LogP contribution in [0.1, 0.15) is 39.5 Å². The maximum absolute atomic E-state index is 3.44. The smallest absolute Gasteiger partial charge is 0.0569 e. The molecule has 0 rings (SSSR count). The molecule has 0 aliphatic heterocycles. The number of nitrogens with one attached hydrogen (secondary N) is 2. The molecule has 11 heavy (non-hydrogen) atoms. The molecule has 2 N–H and O–H groups in total. The molecule has 0 aromatic heterocycles. The van der Waals surface area contributed by atoms with Gasteiger partial charge in [0.1, 0.15) is 0 Å². The van der Waals surface area contributed by atoms with Gasteiger partial charge in [-0.1, -0.05) is 26.7 Å². The Labute approximate surface area is 70.8 Å². The number of unbranched alkanes of at least 4 members (excludes halogenated alkanes) is 1. The van der Waals surface area contributed by atoms with Crippen molar-refractivity contribution in [3.63, 3.8) is 0 Å². The van der Waals surface area contributed by atoms with E-state index in [4.69, 9.17) is 0 Å². The molecule has 0 saturated heterocycles. The predicted molar refractivity (Wildman–Crippen MR) is 50.7 cm³/mol. The summed E-state index contributed by atoms with van der Waals surface area (Å²) in [7, 11) is 2.02. The first-order valence-corrected chi connectivity index (χ1v) is 4.75. The van der Waals surface area contributed by atoms with Crippen molar-refractivity contribution in [1.82, 2.24) is 10.6 Å². The highest BCUT2D eigenvalue weighted by Gasteiger charge is 2.01. The van der Waals surface area contributed by atoms with Crippen molar-refractivity contribution in [2.45, 2.75) is 45.7 Å². The van der Waals surface area contributed by atoms with Gasteiger partial charge in [-0.15, -0.1) is 0 Å². The molecule has 68 valence electrons. The molecule has 2 nitrogen and oxygen atoms in total. The van der Waals surface area contributed by atoms with Gasteiger partial charge >= 0.3 is 0 Å². The van der Waals surface area contributed by atoms with Crippen LogP contribution in [-0.2, 0) is 0 Å². The van der Waals surface area contributed by atoms with Gasteiger partial charge in [-0.3, -0.25) is 0 Å². The summed E-state index contributed by atoms with van der Waals surface area (Å²) in [5, 5.41) is 6.70. The minimum Gasteiger partial charge on any atom is -0.305 e. The topological polar surface area (TPSA) is 24.1 Å². The van der Waals surface area contributed by atoms with E-state index in [2.05, 4.69) is 24.5 Å². The van der Waals surface area contributed by atoms with Crippen LogP contribution in [0.4, 0.5) is 0 Å². The molecule has 0 aromatic rings. The highest BCUT2D eigenvalue weighted by Crippen LogP contribution is 1.96. The lowest BCUT2D eigenvalue weighted by Gasteiger charge is -2.16. The van der Waals surface area contributed by atoms with Crippen molar-refractivity contribution >= 4 is 0 Å². The van der Waals surface area contributed by atoms with Crippen molar-refractivity contribution < 1.29 is 0 Å². The van der Waals surface area contributed by atoms with E-state index >= 15 is 0 Å². The van der Waals surface area contributed by atoms with E-state index in [1.165, 1.54) is 25.7 Å². The van der Waals surface area contributed by atoms with Gasteiger partial charge in [0.05, 0.1) is 6.17 Å². The van der Waals surface area contributed by atoms with Crippen LogP contribution in [0.2, 0.25) is 0 Å². The fraction of sp³-hybridized carbons (Fsp3) is 1.00. The largest absolute Gasteiger partial charge is 0.305 e. The molecule has 0 aliphatic rings. The molecule has 0 amide bonds. The monoisotopic (exact) mass is 158 g/mol. The molecule has 0 spiro atoms. The molecule has 0 bridgehead atoms. The Balaban J connectivity index is 3.25. The van der Waals surface area contributed by atoms with E-state index in [-0.39, 0.29) is 0 Å². The minimum absolute atomic E-state index is 0.523. The van der Waals surface area contributed by atoms with E-state index < -0.39 is 0 Å². The summed E-state index contributed by atoms with van der Waals surface area (Å²) in [6.45, 7) is 5.54. The number of hydrogen-bond acceptors (Lipinski definition) is 2. The van der Waals surface area contributed by atoms with Gasteiger partial charge in [0.15, 0.2) is 0 Å². The summed E-state index contributed by atoms with van der Waals surface area (Å²) in [6.07, 6.45) is 5.57. The first-order valence-electron chi connectivity index (χ1n) is 4.75. The van der Waals surface area contributed by atoms with Gasteiger partial charge in [-0.2, -0.15) is 0 Å². The number of rotatable bonds is 7. The second kappa shape index (κ2) is 8.02. The van der Waals surface area contributed by atoms with Crippen molar-refractivity contribution in [2.75, 3.05) is 13.6 Å². The Morgan fingerprint density at radius 3 is 2.36 bits per heavy atom. The van der Waals surface area contributed by atoms with E-state index in [0.29, 0.717) is 6.17 Å². The van der Waals surface area contributed by atoms with Crippen molar-refractivity contribution in [3.8, 4) is 0 Å². The lowest BCUT2D eigenvalue weighted by atomic mass is 10.2. The summed E-state index contributed by atoms with van der Waals surface area (Å²) in [4.78, 5) is 0. The Hall–Kier alpha value is -0.0800. The molecular formula is C9H22N2. The Morgan fingerprint density at radius 2 is 1.91 bits per heavy atom. The molecule has 1 unspecified atom stereocenters. The van der Waals surface area contributed by atoms with Gasteiger partial charge in [0.25, 0.3) is 0 Å². The molecule has 0 heterocycles. The molecular weight excluding hydrogens is 136 g/mol.